The number of benzene rings is 2. The van der Waals surface area contributed by atoms with E-state index in [9.17, 15) is 19.7 Å². The Morgan fingerprint density at radius 2 is 2.04 bits per heavy atom. The fourth-order valence-corrected chi connectivity index (χ4v) is 2.62. The monoisotopic (exact) mass is 341 g/mol. The van der Waals surface area contributed by atoms with Gasteiger partial charge in [0.15, 0.2) is 0 Å². The highest BCUT2D eigenvalue weighted by Crippen LogP contribution is 2.35. The second-order valence-corrected chi connectivity index (χ2v) is 5.48. The molecule has 2 aromatic carbocycles. The van der Waals surface area contributed by atoms with Crippen LogP contribution in [0.3, 0.4) is 0 Å². The molecule has 2 amide bonds. The maximum atomic E-state index is 12.9. The van der Waals surface area contributed by atoms with E-state index >= 15 is 0 Å². The van der Waals surface area contributed by atoms with E-state index in [1.165, 1.54) is 30.0 Å². The van der Waals surface area contributed by atoms with Crippen LogP contribution in [-0.2, 0) is 4.79 Å². The van der Waals surface area contributed by atoms with Crippen molar-refractivity contribution in [2.75, 3.05) is 23.4 Å². The molecule has 2 aromatic rings. The molecule has 0 aromatic heterocycles. The number of non-ortho nitro benzene ring substituents is 1. The first-order valence-corrected chi connectivity index (χ1v) is 7.56. The highest BCUT2D eigenvalue weighted by molar-refractivity contribution is 6.08. The first kappa shape index (κ1) is 16.4. The summed E-state index contributed by atoms with van der Waals surface area (Å²) in [4.78, 5) is 36.0. The molecule has 128 valence electrons. The molecule has 0 atom stereocenters. The van der Waals surface area contributed by atoms with Gasteiger partial charge < -0.3 is 15.0 Å². The number of carbonyl (C=O) groups is 2. The van der Waals surface area contributed by atoms with Crippen molar-refractivity contribution in [2.45, 2.75) is 6.92 Å². The number of nitrogens with zero attached hydrogens (tertiary/aromatic N) is 2. The Kier molecular flexibility index (Phi) is 4.34. The standard InChI is InChI=1S/C17H15N3O5/c1-11(21)18-13-4-2-3-12(9-13)17(22)19-7-8-25-16-6-5-14(20(23)24)10-15(16)19/h2-6,9-10H,7-8H2,1H3,(H,18,21). The third-order valence-electron chi connectivity index (χ3n) is 3.69. The number of nitro groups is 1. The van der Waals surface area contributed by atoms with Crippen molar-refractivity contribution in [3.63, 3.8) is 0 Å². The maximum Gasteiger partial charge on any atom is 0.271 e. The minimum Gasteiger partial charge on any atom is -0.490 e. The molecule has 25 heavy (non-hydrogen) atoms. The van der Waals surface area contributed by atoms with E-state index in [2.05, 4.69) is 5.32 Å². The maximum absolute atomic E-state index is 12.9. The predicted molar refractivity (Wildman–Crippen MR) is 91.0 cm³/mol. The molecule has 0 saturated heterocycles. The number of amides is 2. The SMILES string of the molecule is CC(=O)Nc1cccc(C(=O)N2CCOc3ccc([N+](=O)[O-])cc32)c1. The fraction of sp³-hybridized carbons (Fsp3) is 0.176. The van der Waals surface area contributed by atoms with Gasteiger partial charge in [-0.05, 0) is 24.3 Å². The van der Waals surface area contributed by atoms with E-state index in [-0.39, 0.29) is 24.0 Å². The number of rotatable bonds is 3. The molecular formula is C17H15N3O5. The zero-order chi connectivity index (χ0) is 18.0. The van der Waals surface area contributed by atoms with Crippen LogP contribution < -0.4 is 15.0 Å². The van der Waals surface area contributed by atoms with Gasteiger partial charge >= 0.3 is 0 Å². The van der Waals surface area contributed by atoms with E-state index in [1.807, 2.05) is 0 Å². The van der Waals surface area contributed by atoms with Crippen molar-refractivity contribution >= 4 is 28.9 Å². The van der Waals surface area contributed by atoms with Crippen molar-refractivity contribution in [1.29, 1.82) is 0 Å². The molecule has 8 heteroatoms. The predicted octanol–water partition coefficient (Wildman–Crippen LogP) is 2.59. The summed E-state index contributed by atoms with van der Waals surface area (Å²) in [6, 6.07) is 10.7. The zero-order valence-electron chi connectivity index (χ0n) is 13.4. The number of carbonyl (C=O) groups excluding carboxylic acids is 2. The zero-order valence-corrected chi connectivity index (χ0v) is 13.4. The third-order valence-corrected chi connectivity index (χ3v) is 3.69. The van der Waals surface area contributed by atoms with Crippen LogP contribution in [0.5, 0.6) is 5.75 Å². The molecule has 8 nitrogen and oxygen atoms in total. The van der Waals surface area contributed by atoms with Gasteiger partial charge in [0.25, 0.3) is 11.6 Å². The van der Waals surface area contributed by atoms with Crippen LogP contribution in [0.15, 0.2) is 42.5 Å². The van der Waals surface area contributed by atoms with E-state index in [1.54, 1.807) is 24.3 Å². The normalized spacial score (nSPS) is 12.8. The molecule has 1 heterocycles. The molecule has 0 aliphatic carbocycles. The number of hydrogen-bond acceptors (Lipinski definition) is 5. The topological polar surface area (TPSA) is 102 Å². The van der Waals surface area contributed by atoms with Crippen LogP contribution in [0.4, 0.5) is 17.1 Å². The van der Waals surface area contributed by atoms with Gasteiger partial charge in [0.05, 0.1) is 17.2 Å². The number of hydrogen-bond donors (Lipinski definition) is 1. The van der Waals surface area contributed by atoms with E-state index < -0.39 is 4.92 Å². The lowest BCUT2D eigenvalue weighted by Crippen LogP contribution is -2.38. The highest BCUT2D eigenvalue weighted by Gasteiger charge is 2.27. The molecule has 0 saturated carbocycles. The Hall–Kier alpha value is -3.42. The molecule has 0 unspecified atom stereocenters. The smallest absolute Gasteiger partial charge is 0.271 e. The summed E-state index contributed by atoms with van der Waals surface area (Å²) in [5.41, 5.74) is 1.11. The summed E-state index contributed by atoms with van der Waals surface area (Å²) >= 11 is 0. The van der Waals surface area contributed by atoms with Gasteiger partial charge in [-0.25, -0.2) is 0 Å². The number of nitrogens with one attached hydrogen (secondary N) is 1. The van der Waals surface area contributed by atoms with Gasteiger partial charge in [0, 0.05) is 30.3 Å². The molecule has 1 N–H and O–H groups in total. The summed E-state index contributed by atoms with van der Waals surface area (Å²) < 4.78 is 5.48. The summed E-state index contributed by atoms with van der Waals surface area (Å²) in [7, 11) is 0. The van der Waals surface area contributed by atoms with Gasteiger partial charge in [-0.15, -0.1) is 0 Å². The molecule has 0 fully saturated rings. The Labute approximate surface area is 143 Å². The fourth-order valence-electron chi connectivity index (χ4n) is 2.62. The van der Waals surface area contributed by atoms with Gasteiger partial charge in [-0.1, -0.05) is 6.07 Å². The lowest BCUT2D eigenvalue weighted by molar-refractivity contribution is -0.384. The van der Waals surface area contributed by atoms with Crippen LogP contribution in [0.25, 0.3) is 0 Å². The van der Waals surface area contributed by atoms with E-state index in [0.29, 0.717) is 29.3 Å². The third kappa shape index (κ3) is 3.42. The number of ether oxygens (including phenoxy) is 1. The summed E-state index contributed by atoms with van der Waals surface area (Å²) in [5.74, 6) is -0.141. The van der Waals surface area contributed by atoms with Gasteiger partial charge in [0.2, 0.25) is 5.91 Å². The second kappa shape index (κ2) is 6.60. The summed E-state index contributed by atoms with van der Waals surface area (Å²) in [6.07, 6.45) is 0. The van der Waals surface area contributed by atoms with Gasteiger partial charge in [-0.3, -0.25) is 19.7 Å². The lowest BCUT2D eigenvalue weighted by Gasteiger charge is -2.29. The van der Waals surface area contributed by atoms with Crippen LogP contribution in [0.1, 0.15) is 17.3 Å². The quantitative estimate of drug-likeness (QED) is 0.683. The van der Waals surface area contributed by atoms with E-state index in [4.69, 9.17) is 4.74 Å². The van der Waals surface area contributed by atoms with Crippen LogP contribution in [0, 0.1) is 10.1 Å². The van der Waals surface area contributed by atoms with Crippen molar-refractivity contribution in [1.82, 2.24) is 0 Å². The summed E-state index contributed by atoms with van der Waals surface area (Å²) in [5, 5.41) is 13.6. The largest absolute Gasteiger partial charge is 0.490 e. The van der Waals surface area contributed by atoms with Crippen molar-refractivity contribution in [2.24, 2.45) is 0 Å². The lowest BCUT2D eigenvalue weighted by atomic mass is 10.1. The molecule has 1 aliphatic heterocycles. The minimum atomic E-state index is -0.519. The first-order chi connectivity index (χ1) is 12.0. The Morgan fingerprint density at radius 3 is 2.76 bits per heavy atom. The van der Waals surface area contributed by atoms with Crippen LogP contribution >= 0.6 is 0 Å². The Morgan fingerprint density at radius 1 is 1.24 bits per heavy atom. The number of fused-ring (bicyclic) bond motifs is 1. The Balaban J connectivity index is 1.95. The molecular weight excluding hydrogens is 326 g/mol. The second-order valence-electron chi connectivity index (χ2n) is 5.48. The molecule has 0 radical (unpaired) electrons. The van der Waals surface area contributed by atoms with Gasteiger partial charge in [0.1, 0.15) is 12.4 Å². The average Bonchev–Trinajstić information content (AvgIpc) is 2.59. The van der Waals surface area contributed by atoms with E-state index in [0.717, 1.165) is 0 Å². The summed E-state index contributed by atoms with van der Waals surface area (Å²) in [6.45, 7) is 1.95. The van der Waals surface area contributed by atoms with Crippen molar-refractivity contribution in [3.05, 3.63) is 58.1 Å². The van der Waals surface area contributed by atoms with Crippen molar-refractivity contribution in [3.8, 4) is 5.75 Å². The molecule has 1 aliphatic rings. The van der Waals surface area contributed by atoms with Crippen LogP contribution in [0.2, 0.25) is 0 Å². The first-order valence-electron chi connectivity index (χ1n) is 7.56. The number of nitro benzene ring substituents is 1. The van der Waals surface area contributed by atoms with Gasteiger partial charge in [-0.2, -0.15) is 0 Å². The molecule has 3 rings (SSSR count). The average molecular weight is 341 g/mol. The van der Waals surface area contributed by atoms with Crippen LogP contribution in [-0.4, -0.2) is 29.9 Å². The van der Waals surface area contributed by atoms with Crippen molar-refractivity contribution < 1.29 is 19.2 Å². The Bertz CT molecular complexity index is 865. The molecule has 0 bridgehead atoms. The molecule has 0 spiro atoms. The minimum absolute atomic E-state index is 0.117. The highest BCUT2D eigenvalue weighted by atomic mass is 16.6. The number of anilines is 2.